The quantitative estimate of drug-likeness (QED) is 0.858. The van der Waals surface area contributed by atoms with Gasteiger partial charge in [0.25, 0.3) is 0 Å². The van der Waals surface area contributed by atoms with Crippen molar-refractivity contribution in [3.8, 4) is 0 Å². The van der Waals surface area contributed by atoms with Gasteiger partial charge in [-0.15, -0.1) is 11.3 Å². The van der Waals surface area contributed by atoms with Gasteiger partial charge in [0.2, 0.25) is 0 Å². The molecule has 1 nitrogen and oxygen atoms in total. The van der Waals surface area contributed by atoms with Crippen molar-refractivity contribution in [2.45, 2.75) is 31.7 Å². The van der Waals surface area contributed by atoms with E-state index in [-0.39, 0.29) is 0 Å². The third-order valence-corrected chi connectivity index (χ3v) is 4.83. The molecule has 1 atom stereocenters. The first kappa shape index (κ1) is 11.0. The highest BCUT2D eigenvalue weighted by molar-refractivity contribution is 7.10. The third-order valence-electron chi connectivity index (χ3n) is 3.73. The summed E-state index contributed by atoms with van der Waals surface area (Å²) in [6.07, 6.45) is 3.66. The molecule has 0 spiro atoms. The van der Waals surface area contributed by atoms with Gasteiger partial charge in [-0.25, -0.2) is 0 Å². The lowest BCUT2D eigenvalue weighted by Gasteiger charge is -2.23. The SMILES string of the molecule is NCc1csc2c1CCC(c1ccccc1)C2. The van der Waals surface area contributed by atoms with E-state index in [2.05, 4.69) is 35.7 Å². The average molecular weight is 243 g/mol. The van der Waals surface area contributed by atoms with Gasteiger partial charge in [0.05, 0.1) is 0 Å². The van der Waals surface area contributed by atoms with Gasteiger partial charge < -0.3 is 5.73 Å². The summed E-state index contributed by atoms with van der Waals surface area (Å²) in [5.41, 5.74) is 10.2. The Morgan fingerprint density at radius 2 is 2.06 bits per heavy atom. The number of thiophene rings is 1. The van der Waals surface area contributed by atoms with Crippen LogP contribution in [0, 0.1) is 0 Å². The second-order valence-electron chi connectivity index (χ2n) is 4.72. The van der Waals surface area contributed by atoms with E-state index < -0.39 is 0 Å². The Balaban J connectivity index is 1.86. The summed E-state index contributed by atoms with van der Waals surface area (Å²) in [6.45, 7) is 0.696. The van der Waals surface area contributed by atoms with Crippen molar-refractivity contribution >= 4 is 11.3 Å². The molecule has 2 N–H and O–H groups in total. The van der Waals surface area contributed by atoms with Gasteiger partial charge in [-0.2, -0.15) is 0 Å². The van der Waals surface area contributed by atoms with Gasteiger partial charge in [-0.1, -0.05) is 30.3 Å². The van der Waals surface area contributed by atoms with Gasteiger partial charge in [-0.3, -0.25) is 0 Å². The summed E-state index contributed by atoms with van der Waals surface area (Å²) in [6, 6.07) is 10.9. The van der Waals surface area contributed by atoms with Crippen LogP contribution >= 0.6 is 11.3 Å². The molecule has 0 radical (unpaired) electrons. The summed E-state index contributed by atoms with van der Waals surface area (Å²) < 4.78 is 0. The molecule has 88 valence electrons. The van der Waals surface area contributed by atoms with Crippen LogP contribution in [0.2, 0.25) is 0 Å². The molecule has 1 unspecified atom stereocenters. The van der Waals surface area contributed by atoms with Gasteiger partial charge in [-0.05, 0) is 47.3 Å². The third kappa shape index (κ3) is 2.03. The van der Waals surface area contributed by atoms with Crippen molar-refractivity contribution in [1.29, 1.82) is 0 Å². The molecule has 1 heterocycles. The van der Waals surface area contributed by atoms with E-state index >= 15 is 0 Å². The maximum atomic E-state index is 5.77. The van der Waals surface area contributed by atoms with Crippen LogP contribution in [0.3, 0.4) is 0 Å². The van der Waals surface area contributed by atoms with Crippen molar-refractivity contribution in [1.82, 2.24) is 0 Å². The van der Waals surface area contributed by atoms with Gasteiger partial charge in [0, 0.05) is 11.4 Å². The van der Waals surface area contributed by atoms with Crippen LogP contribution in [0.15, 0.2) is 35.7 Å². The Morgan fingerprint density at radius 1 is 1.24 bits per heavy atom. The van der Waals surface area contributed by atoms with E-state index in [4.69, 9.17) is 5.73 Å². The lowest BCUT2D eigenvalue weighted by Crippen LogP contribution is -2.12. The largest absolute Gasteiger partial charge is 0.326 e. The molecule has 2 aromatic rings. The monoisotopic (exact) mass is 243 g/mol. The number of rotatable bonds is 2. The molecular formula is C15H17NS. The first-order valence-corrected chi connectivity index (χ1v) is 7.09. The molecule has 0 fully saturated rings. The lowest BCUT2D eigenvalue weighted by atomic mass is 9.83. The zero-order valence-corrected chi connectivity index (χ0v) is 10.7. The first-order chi connectivity index (χ1) is 8.38. The van der Waals surface area contributed by atoms with E-state index in [1.807, 2.05) is 11.3 Å². The molecule has 0 amide bonds. The van der Waals surface area contributed by atoms with Crippen LogP contribution < -0.4 is 5.73 Å². The molecule has 1 aliphatic rings. The maximum Gasteiger partial charge on any atom is 0.0189 e. The van der Waals surface area contributed by atoms with Crippen molar-refractivity contribution in [2.75, 3.05) is 0 Å². The van der Waals surface area contributed by atoms with Crippen molar-refractivity contribution < 1.29 is 0 Å². The normalized spacial score (nSPS) is 19.0. The molecule has 0 aliphatic heterocycles. The second kappa shape index (κ2) is 4.63. The molecule has 3 rings (SSSR count). The second-order valence-corrected chi connectivity index (χ2v) is 5.68. The predicted octanol–water partition coefficient (Wildman–Crippen LogP) is 3.48. The molecule has 0 saturated heterocycles. The summed E-state index contributed by atoms with van der Waals surface area (Å²) in [4.78, 5) is 1.56. The number of hydrogen-bond acceptors (Lipinski definition) is 2. The first-order valence-electron chi connectivity index (χ1n) is 6.21. The van der Waals surface area contributed by atoms with E-state index in [1.165, 1.54) is 30.4 Å². The van der Waals surface area contributed by atoms with Crippen LogP contribution in [0.4, 0.5) is 0 Å². The van der Waals surface area contributed by atoms with Gasteiger partial charge in [0.1, 0.15) is 0 Å². The Bertz CT molecular complexity index is 501. The van der Waals surface area contributed by atoms with Crippen LogP contribution in [0.25, 0.3) is 0 Å². The predicted molar refractivity (Wildman–Crippen MR) is 73.4 cm³/mol. The summed E-state index contributed by atoms with van der Waals surface area (Å²) in [7, 11) is 0. The Hall–Kier alpha value is -1.12. The van der Waals surface area contributed by atoms with E-state index in [0.29, 0.717) is 12.5 Å². The fourth-order valence-electron chi connectivity index (χ4n) is 2.76. The molecule has 1 aromatic heterocycles. The highest BCUT2D eigenvalue weighted by Gasteiger charge is 2.22. The van der Waals surface area contributed by atoms with Crippen molar-refractivity contribution in [3.05, 3.63) is 57.3 Å². The zero-order valence-electron chi connectivity index (χ0n) is 9.86. The molecule has 17 heavy (non-hydrogen) atoms. The Labute approximate surface area is 106 Å². The minimum Gasteiger partial charge on any atom is -0.326 e. The lowest BCUT2D eigenvalue weighted by molar-refractivity contribution is 0.590. The molecular weight excluding hydrogens is 226 g/mol. The van der Waals surface area contributed by atoms with E-state index in [1.54, 1.807) is 10.4 Å². The number of hydrogen-bond donors (Lipinski definition) is 1. The Kier molecular flexibility index (Phi) is 3.00. The average Bonchev–Trinajstić information content (AvgIpc) is 2.81. The summed E-state index contributed by atoms with van der Waals surface area (Å²) in [5.74, 6) is 0.702. The van der Waals surface area contributed by atoms with Crippen molar-refractivity contribution in [2.24, 2.45) is 5.73 Å². The fraction of sp³-hybridized carbons (Fsp3) is 0.333. The summed E-state index contributed by atoms with van der Waals surface area (Å²) in [5, 5.41) is 2.25. The number of nitrogens with two attached hydrogens (primary N) is 1. The van der Waals surface area contributed by atoms with Crippen LogP contribution in [-0.2, 0) is 19.4 Å². The number of fused-ring (bicyclic) bond motifs is 1. The van der Waals surface area contributed by atoms with Crippen LogP contribution in [0.5, 0.6) is 0 Å². The van der Waals surface area contributed by atoms with E-state index in [0.717, 1.165) is 0 Å². The molecule has 0 bridgehead atoms. The highest BCUT2D eigenvalue weighted by atomic mass is 32.1. The standard InChI is InChI=1S/C15H17NS/c16-9-13-10-17-15-8-12(6-7-14(13)15)11-4-2-1-3-5-11/h1-5,10,12H,6-9,16H2. The highest BCUT2D eigenvalue weighted by Crippen LogP contribution is 2.37. The fourth-order valence-corrected chi connectivity index (χ4v) is 3.96. The zero-order chi connectivity index (χ0) is 11.7. The molecule has 1 aliphatic carbocycles. The molecule has 1 aromatic carbocycles. The van der Waals surface area contributed by atoms with Crippen molar-refractivity contribution in [3.63, 3.8) is 0 Å². The summed E-state index contributed by atoms with van der Waals surface area (Å²) >= 11 is 1.89. The topological polar surface area (TPSA) is 26.0 Å². The van der Waals surface area contributed by atoms with Crippen LogP contribution in [-0.4, -0.2) is 0 Å². The molecule has 2 heteroatoms. The van der Waals surface area contributed by atoms with Gasteiger partial charge in [0.15, 0.2) is 0 Å². The number of benzene rings is 1. The van der Waals surface area contributed by atoms with Crippen LogP contribution in [0.1, 0.15) is 33.9 Å². The van der Waals surface area contributed by atoms with E-state index in [9.17, 15) is 0 Å². The minimum atomic E-state index is 0.696. The Morgan fingerprint density at radius 3 is 2.82 bits per heavy atom. The minimum absolute atomic E-state index is 0.696. The maximum absolute atomic E-state index is 5.77. The smallest absolute Gasteiger partial charge is 0.0189 e. The molecule has 0 saturated carbocycles. The van der Waals surface area contributed by atoms with Gasteiger partial charge >= 0.3 is 0 Å².